The molecule has 0 spiro atoms. The first kappa shape index (κ1) is 23.0. The Hall–Kier alpha value is -1.02. The summed E-state index contributed by atoms with van der Waals surface area (Å²) in [5, 5.41) is 3.03. The van der Waals surface area contributed by atoms with Gasteiger partial charge in [0.05, 0.1) is 19.8 Å². The molecule has 1 rings (SSSR count). The molecule has 1 aromatic rings. The third kappa shape index (κ3) is 8.73. The Bertz CT molecular complexity index is 488. The van der Waals surface area contributed by atoms with Gasteiger partial charge < -0.3 is 20.5 Å². The highest BCUT2D eigenvalue weighted by molar-refractivity contribution is 14.0. The summed E-state index contributed by atoms with van der Waals surface area (Å²) in [6.45, 7) is 11.2. The molecular formula is C18H32IN3O2. The van der Waals surface area contributed by atoms with E-state index in [0.29, 0.717) is 31.6 Å². The number of nitrogens with zero attached hydrogens (tertiary/aromatic N) is 1. The van der Waals surface area contributed by atoms with Gasteiger partial charge in [-0.2, -0.15) is 0 Å². The summed E-state index contributed by atoms with van der Waals surface area (Å²) in [7, 11) is 1.66. The van der Waals surface area contributed by atoms with E-state index in [1.807, 2.05) is 12.1 Å². The molecule has 0 atom stereocenters. The van der Waals surface area contributed by atoms with Gasteiger partial charge in [-0.25, -0.2) is 0 Å². The molecule has 138 valence electrons. The molecule has 24 heavy (non-hydrogen) atoms. The molecule has 0 fully saturated rings. The van der Waals surface area contributed by atoms with Crippen LogP contribution in [0.15, 0.2) is 29.3 Å². The number of ether oxygens (including phenoxy) is 2. The Morgan fingerprint density at radius 2 is 1.88 bits per heavy atom. The number of nitrogens with two attached hydrogens (primary N) is 1. The largest absolute Gasteiger partial charge is 0.493 e. The standard InChI is InChI=1S/C18H31N3O2.HI/c1-14(2)12-23-16-8-6-15(7-9-16)18(3,4)13-21-17(19)20-10-11-22-5;/h6-9,14H,10-13H2,1-5H3,(H3,19,20,21);1H. The van der Waals surface area contributed by atoms with E-state index in [0.717, 1.165) is 12.4 Å². The van der Waals surface area contributed by atoms with Crippen LogP contribution in [0.1, 0.15) is 33.3 Å². The highest BCUT2D eigenvalue weighted by Gasteiger charge is 2.20. The van der Waals surface area contributed by atoms with Crippen LogP contribution in [0.3, 0.4) is 0 Å². The van der Waals surface area contributed by atoms with Crippen LogP contribution in [-0.4, -0.2) is 39.4 Å². The van der Waals surface area contributed by atoms with Crippen LogP contribution in [0.5, 0.6) is 5.75 Å². The van der Waals surface area contributed by atoms with E-state index in [1.54, 1.807) is 7.11 Å². The third-order valence-corrected chi connectivity index (χ3v) is 3.48. The van der Waals surface area contributed by atoms with Crippen LogP contribution in [0.25, 0.3) is 0 Å². The maximum absolute atomic E-state index is 5.86. The molecule has 0 aliphatic heterocycles. The summed E-state index contributed by atoms with van der Waals surface area (Å²) in [6, 6.07) is 8.23. The minimum Gasteiger partial charge on any atom is -0.493 e. The number of aliphatic imine (C=N–C) groups is 1. The molecule has 6 heteroatoms. The molecule has 1 aromatic carbocycles. The summed E-state index contributed by atoms with van der Waals surface area (Å²) < 4.78 is 10.7. The summed E-state index contributed by atoms with van der Waals surface area (Å²) in [4.78, 5) is 4.42. The Morgan fingerprint density at radius 3 is 2.42 bits per heavy atom. The molecule has 3 N–H and O–H groups in total. The normalized spacial score (nSPS) is 12.0. The van der Waals surface area contributed by atoms with Gasteiger partial charge in [0.15, 0.2) is 5.96 Å². The number of benzene rings is 1. The molecular weight excluding hydrogens is 417 g/mol. The van der Waals surface area contributed by atoms with E-state index >= 15 is 0 Å². The summed E-state index contributed by atoms with van der Waals surface area (Å²) in [5.41, 5.74) is 6.97. The summed E-state index contributed by atoms with van der Waals surface area (Å²) in [5.74, 6) is 1.88. The van der Waals surface area contributed by atoms with Crippen LogP contribution in [-0.2, 0) is 10.2 Å². The number of halogens is 1. The maximum atomic E-state index is 5.86. The lowest BCUT2D eigenvalue weighted by molar-refractivity contribution is 0.204. The number of rotatable bonds is 9. The molecule has 0 amide bonds. The van der Waals surface area contributed by atoms with E-state index in [4.69, 9.17) is 15.2 Å². The van der Waals surface area contributed by atoms with Crippen molar-refractivity contribution in [2.45, 2.75) is 33.1 Å². The van der Waals surface area contributed by atoms with Crippen molar-refractivity contribution in [2.75, 3.05) is 33.4 Å². The second kappa shape index (κ2) is 11.5. The highest BCUT2D eigenvalue weighted by Crippen LogP contribution is 2.25. The van der Waals surface area contributed by atoms with E-state index in [2.05, 4.69) is 50.1 Å². The average Bonchev–Trinajstić information content (AvgIpc) is 2.52. The predicted octanol–water partition coefficient (Wildman–Crippen LogP) is 3.17. The van der Waals surface area contributed by atoms with E-state index < -0.39 is 0 Å². The minimum atomic E-state index is -0.0931. The molecule has 5 nitrogen and oxygen atoms in total. The van der Waals surface area contributed by atoms with Crippen LogP contribution < -0.4 is 15.8 Å². The van der Waals surface area contributed by atoms with Gasteiger partial charge in [-0.1, -0.05) is 39.8 Å². The van der Waals surface area contributed by atoms with Gasteiger partial charge in [-0.3, -0.25) is 4.99 Å². The molecule has 0 aliphatic rings. The van der Waals surface area contributed by atoms with Crippen LogP contribution in [0.4, 0.5) is 0 Å². The number of guanidine groups is 1. The van der Waals surface area contributed by atoms with Gasteiger partial charge in [0.25, 0.3) is 0 Å². The third-order valence-electron chi connectivity index (χ3n) is 3.48. The van der Waals surface area contributed by atoms with Crippen LogP contribution in [0.2, 0.25) is 0 Å². The Balaban J connectivity index is 0.00000529. The number of methoxy groups -OCH3 is 1. The number of hydrogen-bond donors (Lipinski definition) is 2. The zero-order valence-electron chi connectivity index (χ0n) is 15.5. The molecule has 0 bridgehead atoms. The first-order valence-electron chi connectivity index (χ1n) is 8.11. The van der Waals surface area contributed by atoms with E-state index in [1.165, 1.54) is 5.56 Å². The topological polar surface area (TPSA) is 68.9 Å². The lowest BCUT2D eigenvalue weighted by atomic mass is 9.85. The fraction of sp³-hybridized carbons (Fsp3) is 0.611. The highest BCUT2D eigenvalue weighted by atomic mass is 127. The zero-order valence-corrected chi connectivity index (χ0v) is 17.8. The molecule has 0 saturated carbocycles. The van der Waals surface area contributed by atoms with Gasteiger partial charge in [-0.15, -0.1) is 24.0 Å². The lowest BCUT2D eigenvalue weighted by Crippen LogP contribution is -2.35. The monoisotopic (exact) mass is 449 g/mol. The van der Waals surface area contributed by atoms with Crippen molar-refractivity contribution < 1.29 is 9.47 Å². The first-order valence-corrected chi connectivity index (χ1v) is 8.11. The number of nitrogens with one attached hydrogen (secondary N) is 1. The smallest absolute Gasteiger partial charge is 0.188 e. The summed E-state index contributed by atoms with van der Waals surface area (Å²) >= 11 is 0. The molecule has 0 radical (unpaired) electrons. The fourth-order valence-corrected chi connectivity index (χ4v) is 1.98. The minimum absolute atomic E-state index is 0. The fourth-order valence-electron chi connectivity index (χ4n) is 1.98. The maximum Gasteiger partial charge on any atom is 0.188 e. The van der Waals surface area contributed by atoms with Crippen LogP contribution >= 0.6 is 24.0 Å². The molecule has 0 unspecified atom stereocenters. The molecule has 0 heterocycles. The van der Waals surface area contributed by atoms with Crippen molar-refractivity contribution in [3.63, 3.8) is 0 Å². The first-order chi connectivity index (χ1) is 10.8. The van der Waals surface area contributed by atoms with E-state index in [-0.39, 0.29) is 29.4 Å². The van der Waals surface area contributed by atoms with Crippen molar-refractivity contribution in [3.8, 4) is 5.75 Å². The quantitative estimate of drug-likeness (QED) is 0.263. The van der Waals surface area contributed by atoms with Crippen molar-refractivity contribution >= 4 is 29.9 Å². The van der Waals surface area contributed by atoms with Crippen LogP contribution in [0, 0.1) is 5.92 Å². The van der Waals surface area contributed by atoms with E-state index in [9.17, 15) is 0 Å². The van der Waals surface area contributed by atoms with Crippen molar-refractivity contribution in [1.29, 1.82) is 0 Å². The van der Waals surface area contributed by atoms with Gasteiger partial charge >= 0.3 is 0 Å². The van der Waals surface area contributed by atoms with Gasteiger partial charge in [-0.05, 0) is 23.6 Å². The van der Waals surface area contributed by atoms with Crippen molar-refractivity contribution in [1.82, 2.24) is 5.32 Å². The lowest BCUT2D eigenvalue weighted by Gasteiger charge is -2.23. The Labute approximate surface area is 163 Å². The summed E-state index contributed by atoms with van der Waals surface area (Å²) in [6.07, 6.45) is 0. The molecule has 0 aromatic heterocycles. The second-order valence-corrected chi connectivity index (χ2v) is 6.73. The predicted molar refractivity (Wildman–Crippen MR) is 112 cm³/mol. The van der Waals surface area contributed by atoms with Gasteiger partial charge in [0.1, 0.15) is 5.75 Å². The second-order valence-electron chi connectivity index (χ2n) is 6.73. The van der Waals surface area contributed by atoms with Crippen molar-refractivity contribution in [3.05, 3.63) is 29.8 Å². The zero-order chi connectivity index (χ0) is 17.3. The number of hydrogen-bond acceptors (Lipinski definition) is 3. The Kier molecular flexibility index (Phi) is 11.0. The Morgan fingerprint density at radius 1 is 1.25 bits per heavy atom. The molecule has 0 saturated heterocycles. The van der Waals surface area contributed by atoms with Crippen molar-refractivity contribution in [2.24, 2.45) is 16.6 Å². The average molecular weight is 449 g/mol. The molecule has 0 aliphatic carbocycles. The van der Waals surface area contributed by atoms with Gasteiger partial charge in [0.2, 0.25) is 0 Å². The SMILES string of the molecule is COCCNC(N)=NCC(C)(C)c1ccc(OCC(C)C)cc1.I. The van der Waals surface area contributed by atoms with Gasteiger partial charge in [0, 0.05) is 19.1 Å².